The van der Waals surface area contributed by atoms with Gasteiger partial charge in [-0.05, 0) is 51.8 Å². The molecule has 0 radical (unpaired) electrons. The number of ether oxygens (including phenoxy) is 2. The minimum absolute atomic E-state index is 0.0968. The second kappa shape index (κ2) is 6.70. The van der Waals surface area contributed by atoms with Crippen molar-refractivity contribution in [3.8, 4) is 0 Å². The van der Waals surface area contributed by atoms with E-state index in [9.17, 15) is 0 Å². The van der Waals surface area contributed by atoms with Crippen molar-refractivity contribution in [1.29, 1.82) is 0 Å². The van der Waals surface area contributed by atoms with Crippen molar-refractivity contribution < 1.29 is 9.47 Å². The zero-order chi connectivity index (χ0) is 14.6. The second-order valence-corrected chi connectivity index (χ2v) is 6.45. The number of likely N-dealkylation sites (N-methyl/N-ethyl adjacent to an activating group) is 1. The Balaban J connectivity index is 1.98. The maximum absolute atomic E-state index is 5.97. The standard InChI is InChI=1S/C17H27NO2/c1-17(2,3)20-12-14(18-4)11-16-15-8-6-5-7-13(15)9-10-19-16/h5-8,14,16,18H,9-12H2,1-4H3. The molecule has 20 heavy (non-hydrogen) atoms. The predicted molar refractivity (Wildman–Crippen MR) is 82.0 cm³/mol. The third kappa shape index (κ3) is 4.30. The fraction of sp³-hybridized carbons (Fsp3) is 0.647. The Morgan fingerprint density at radius 3 is 2.80 bits per heavy atom. The third-order valence-corrected chi connectivity index (χ3v) is 3.72. The first-order valence-corrected chi connectivity index (χ1v) is 7.50. The van der Waals surface area contributed by atoms with Crippen LogP contribution >= 0.6 is 0 Å². The summed E-state index contributed by atoms with van der Waals surface area (Å²) in [5, 5.41) is 3.35. The molecule has 0 spiro atoms. The Hall–Kier alpha value is -0.900. The Bertz CT molecular complexity index is 425. The van der Waals surface area contributed by atoms with Crippen LogP contribution in [0.5, 0.6) is 0 Å². The number of rotatable bonds is 5. The van der Waals surface area contributed by atoms with Gasteiger partial charge in [-0.3, -0.25) is 0 Å². The summed E-state index contributed by atoms with van der Waals surface area (Å²) in [6, 6.07) is 8.92. The van der Waals surface area contributed by atoms with Gasteiger partial charge in [0.15, 0.2) is 0 Å². The van der Waals surface area contributed by atoms with Gasteiger partial charge in [0.2, 0.25) is 0 Å². The number of nitrogens with one attached hydrogen (secondary N) is 1. The van der Waals surface area contributed by atoms with Crippen LogP contribution in [0.15, 0.2) is 24.3 Å². The maximum atomic E-state index is 5.97. The maximum Gasteiger partial charge on any atom is 0.0843 e. The Kier molecular flexibility index (Phi) is 5.19. The lowest BCUT2D eigenvalue weighted by atomic mass is 9.94. The Labute approximate surface area is 122 Å². The molecule has 1 heterocycles. The van der Waals surface area contributed by atoms with E-state index in [-0.39, 0.29) is 11.7 Å². The highest BCUT2D eigenvalue weighted by atomic mass is 16.5. The molecule has 0 fully saturated rings. The van der Waals surface area contributed by atoms with Crippen LogP contribution < -0.4 is 5.32 Å². The summed E-state index contributed by atoms with van der Waals surface area (Å²) in [7, 11) is 1.99. The molecule has 0 bridgehead atoms. The van der Waals surface area contributed by atoms with E-state index >= 15 is 0 Å². The fourth-order valence-corrected chi connectivity index (χ4v) is 2.55. The summed E-state index contributed by atoms with van der Waals surface area (Å²) in [5.74, 6) is 0. The molecular formula is C17H27NO2. The van der Waals surface area contributed by atoms with Gasteiger partial charge in [-0.1, -0.05) is 24.3 Å². The van der Waals surface area contributed by atoms with E-state index < -0.39 is 0 Å². The minimum Gasteiger partial charge on any atom is -0.374 e. The van der Waals surface area contributed by atoms with Crippen molar-refractivity contribution in [2.24, 2.45) is 0 Å². The van der Waals surface area contributed by atoms with E-state index in [0.29, 0.717) is 12.6 Å². The molecule has 0 aliphatic carbocycles. The van der Waals surface area contributed by atoms with Gasteiger partial charge in [0.05, 0.1) is 24.9 Å². The van der Waals surface area contributed by atoms with Crippen molar-refractivity contribution in [2.45, 2.75) is 51.4 Å². The first-order valence-electron chi connectivity index (χ1n) is 7.50. The van der Waals surface area contributed by atoms with Crippen LogP contribution in [0.4, 0.5) is 0 Å². The minimum atomic E-state index is -0.0968. The van der Waals surface area contributed by atoms with Crippen molar-refractivity contribution in [3.05, 3.63) is 35.4 Å². The lowest BCUT2D eigenvalue weighted by Gasteiger charge is -2.30. The molecule has 1 aliphatic rings. The van der Waals surface area contributed by atoms with E-state index in [1.54, 1.807) is 0 Å². The molecule has 2 rings (SSSR count). The summed E-state index contributed by atoms with van der Waals surface area (Å²) >= 11 is 0. The average Bonchev–Trinajstić information content (AvgIpc) is 2.42. The molecule has 1 aromatic carbocycles. The van der Waals surface area contributed by atoms with Gasteiger partial charge in [-0.2, -0.15) is 0 Å². The molecule has 0 aromatic heterocycles. The third-order valence-electron chi connectivity index (χ3n) is 3.72. The summed E-state index contributed by atoms with van der Waals surface area (Å²) in [4.78, 5) is 0. The molecule has 1 aliphatic heterocycles. The first kappa shape index (κ1) is 15.5. The first-order chi connectivity index (χ1) is 9.49. The smallest absolute Gasteiger partial charge is 0.0843 e. The van der Waals surface area contributed by atoms with Gasteiger partial charge in [0, 0.05) is 6.04 Å². The quantitative estimate of drug-likeness (QED) is 0.897. The second-order valence-electron chi connectivity index (χ2n) is 6.45. The zero-order valence-corrected chi connectivity index (χ0v) is 13.1. The summed E-state index contributed by atoms with van der Waals surface area (Å²) in [5.41, 5.74) is 2.67. The number of hydrogen-bond acceptors (Lipinski definition) is 3. The summed E-state index contributed by atoms with van der Waals surface area (Å²) in [6.45, 7) is 7.80. The SMILES string of the molecule is CNC(COC(C)(C)C)CC1OCCc2ccccc21. The molecule has 1 N–H and O–H groups in total. The predicted octanol–water partition coefficient (Wildman–Crippen LogP) is 3.09. The molecule has 2 atom stereocenters. The summed E-state index contributed by atoms with van der Waals surface area (Å²) < 4.78 is 11.9. The van der Waals surface area contributed by atoms with Crippen LogP contribution in [0, 0.1) is 0 Å². The van der Waals surface area contributed by atoms with Gasteiger partial charge in [0.1, 0.15) is 0 Å². The lowest BCUT2D eigenvalue weighted by molar-refractivity contribution is -0.0289. The van der Waals surface area contributed by atoms with Crippen LogP contribution in [0.2, 0.25) is 0 Å². The van der Waals surface area contributed by atoms with Crippen LogP contribution in [0.3, 0.4) is 0 Å². The normalized spacial score (nSPS) is 20.5. The highest BCUT2D eigenvalue weighted by Gasteiger charge is 2.24. The molecule has 3 nitrogen and oxygen atoms in total. The van der Waals surface area contributed by atoms with E-state index in [1.165, 1.54) is 11.1 Å². The van der Waals surface area contributed by atoms with Gasteiger partial charge in [0.25, 0.3) is 0 Å². The Morgan fingerprint density at radius 2 is 2.10 bits per heavy atom. The van der Waals surface area contributed by atoms with Crippen LogP contribution in [-0.2, 0) is 15.9 Å². The van der Waals surface area contributed by atoms with Crippen LogP contribution in [0.1, 0.15) is 44.4 Å². The molecule has 2 unspecified atom stereocenters. The van der Waals surface area contributed by atoms with Gasteiger partial charge in [-0.15, -0.1) is 0 Å². The summed E-state index contributed by atoms with van der Waals surface area (Å²) in [6.07, 6.45) is 2.15. The number of hydrogen-bond donors (Lipinski definition) is 1. The van der Waals surface area contributed by atoms with Gasteiger partial charge >= 0.3 is 0 Å². The topological polar surface area (TPSA) is 30.5 Å². The Morgan fingerprint density at radius 1 is 1.35 bits per heavy atom. The molecule has 0 saturated carbocycles. The highest BCUT2D eigenvalue weighted by molar-refractivity contribution is 5.31. The molecular weight excluding hydrogens is 250 g/mol. The lowest BCUT2D eigenvalue weighted by Crippen LogP contribution is -2.36. The van der Waals surface area contributed by atoms with Crippen molar-refractivity contribution in [2.75, 3.05) is 20.3 Å². The number of benzene rings is 1. The largest absolute Gasteiger partial charge is 0.374 e. The highest BCUT2D eigenvalue weighted by Crippen LogP contribution is 2.30. The number of fused-ring (bicyclic) bond motifs is 1. The van der Waals surface area contributed by atoms with Crippen LogP contribution in [-0.4, -0.2) is 31.9 Å². The van der Waals surface area contributed by atoms with E-state index in [4.69, 9.17) is 9.47 Å². The van der Waals surface area contributed by atoms with E-state index in [2.05, 4.69) is 50.4 Å². The zero-order valence-electron chi connectivity index (χ0n) is 13.1. The monoisotopic (exact) mass is 277 g/mol. The molecule has 0 amide bonds. The van der Waals surface area contributed by atoms with Gasteiger partial charge < -0.3 is 14.8 Å². The van der Waals surface area contributed by atoms with Crippen LogP contribution in [0.25, 0.3) is 0 Å². The van der Waals surface area contributed by atoms with Crippen molar-refractivity contribution >= 4 is 0 Å². The van der Waals surface area contributed by atoms with E-state index in [0.717, 1.165) is 19.4 Å². The average molecular weight is 277 g/mol. The van der Waals surface area contributed by atoms with E-state index in [1.807, 2.05) is 7.05 Å². The molecule has 1 aromatic rings. The molecule has 3 heteroatoms. The van der Waals surface area contributed by atoms with Crippen molar-refractivity contribution in [1.82, 2.24) is 5.32 Å². The molecule has 112 valence electrons. The fourth-order valence-electron chi connectivity index (χ4n) is 2.55. The van der Waals surface area contributed by atoms with Crippen molar-refractivity contribution in [3.63, 3.8) is 0 Å². The molecule has 0 saturated heterocycles. The van der Waals surface area contributed by atoms with Gasteiger partial charge in [-0.25, -0.2) is 0 Å².